The Morgan fingerprint density at radius 2 is 1.75 bits per heavy atom. The van der Waals surface area contributed by atoms with Gasteiger partial charge in [0.2, 0.25) is 5.91 Å². The Balaban J connectivity index is 1.82. The molecule has 1 heterocycles. The van der Waals surface area contributed by atoms with E-state index in [0.717, 1.165) is 32.2 Å². The highest BCUT2D eigenvalue weighted by Crippen LogP contribution is 2.25. The lowest BCUT2D eigenvalue weighted by Crippen LogP contribution is -2.58. The van der Waals surface area contributed by atoms with Crippen molar-refractivity contribution in [2.24, 2.45) is 5.73 Å². The van der Waals surface area contributed by atoms with Crippen molar-refractivity contribution in [2.75, 3.05) is 26.2 Å². The molecule has 1 saturated carbocycles. The molecule has 1 saturated heterocycles. The fourth-order valence-corrected chi connectivity index (χ4v) is 2.45. The van der Waals surface area contributed by atoms with Crippen molar-refractivity contribution in [1.29, 1.82) is 0 Å². The summed E-state index contributed by atoms with van der Waals surface area (Å²) in [5.41, 5.74) is 5.11. The third kappa shape index (κ3) is 2.38. The first-order valence-corrected chi connectivity index (χ1v) is 6.31. The van der Waals surface area contributed by atoms with Gasteiger partial charge >= 0.3 is 0 Å². The monoisotopic (exact) mass is 225 g/mol. The summed E-state index contributed by atoms with van der Waals surface area (Å²) in [6, 6.07) is 0.795. The smallest absolute Gasteiger partial charge is 0.242 e. The molecule has 2 rings (SSSR count). The van der Waals surface area contributed by atoms with Crippen molar-refractivity contribution < 1.29 is 4.79 Å². The van der Waals surface area contributed by atoms with Gasteiger partial charge in [-0.25, -0.2) is 0 Å². The molecule has 0 bridgehead atoms. The molecule has 0 atom stereocenters. The highest BCUT2D eigenvalue weighted by molar-refractivity contribution is 5.85. The zero-order chi connectivity index (χ0) is 11.8. The Morgan fingerprint density at radius 3 is 2.12 bits per heavy atom. The number of nitrogens with zero attached hydrogens (tertiary/aromatic N) is 2. The van der Waals surface area contributed by atoms with Crippen LogP contribution in [0.3, 0.4) is 0 Å². The number of hydrogen-bond acceptors (Lipinski definition) is 3. The number of rotatable bonds is 2. The number of amides is 1. The summed E-state index contributed by atoms with van der Waals surface area (Å²) in [6.45, 7) is 7.30. The standard InChI is InChI=1S/C12H23N3O/c1-12(2,13)11(16)15-8-6-14(7-9-15)10-4-3-5-10/h10H,3-9,13H2,1-2H3. The molecule has 1 aliphatic carbocycles. The second-order valence-electron chi connectivity index (χ2n) is 5.63. The molecule has 16 heavy (non-hydrogen) atoms. The summed E-state index contributed by atoms with van der Waals surface area (Å²) in [5.74, 6) is 0.0840. The van der Waals surface area contributed by atoms with Crippen molar-refractivity contribution in [2.45, 2.75) is 44.7 Å². The molecule has 2 fully saturated rings. The molecule has 0 radical (unpaired) electrons. The maximum absolute atomic E-state index is 12.0. The Hall–Kier alpha value is -0.610. The van der Waals surface area contributed by atoms with Crippen LogP contribution >= 0.6 is 0 Å². The van der Waals surface area contributed by atoms with Crippen molar-refractivity contribution in [1.82, 2.24) is 9.80 Å². The van der Waals surface area contributed by atoms with Crippen LogP contribution in [-0.4, -0.2) is 53.5 Å². The molecule has 2 aliphatic rings. The summed E-state index contributed by atoms with van der Waals surface area (Å²) in [5, 5.41) is 0. The predicted molar refractivity (Wildman–Crippen MR) is 64.1 cm³/mol. The summed E-state index contributed by atoms with van der Waals surface area (Å²) in [6.07, 6.45) is 4.06. The molecule has 0 spiro atoms. The SMILES string of the molecule is CC(C)(N)C(=O)N1CCN(C2CCC2)CC1. The third-order valence-electron chi connectivity index (χ3n) is 3.74. The molecule has 92 valence electrons. The van der Waals surface area contributed by atoms with Gasteiger partial charge in [0, 0.05) is 32.2 Å². The number of piperazine rings is 1. The fraction of sp³-hybridized carbons (Fsp3) is 0.917. The molecule has 0 unspecified atom stereocenters. The van der Waals surface area contributed by atoms with Crippen LogP contribution in [0.25, 0.3) is 0 Å². The quantitative estimate of drug-likeness (QED) is 0.741. The molecule has 4 nitrogen and oxygen atoms in total. The topological polar surface area (TPSA) is 49.6 Å². The molecule has 4 heteroatoms. The zero-order valence-corrected chi connectivity index (χ0v) is 10.4. The predicted octanol–water partition coefficient (Wildman–Crippen LogP) is 0.420. The summed E-state index contributed by atoms with van der Waals surface area (Å²) < 4.78 is 0. The Bertz CT molecular complexity index is 260. The summed E-state index contributed by atoms with van der Waals surface area (Å²) in [4.78, 5) is 16.4. The molecule has 1 aliphatic heterocycles. The first-order chi connectivity index (χ1) is 7.48. The van der Waals surface area contributed by atoms with Gasteiger partial charge in [-0.1, -0.05) is 6.42 Å². The van der Waals surface area contributed by atoms with Gasteiger partial charge in [-0.05, 0) is 26.7 Å². The minimum atomic E-state index is -0.724. The zero-order valence-electron chi connectivity index (χ0n) is 10.4. The first kappa shape index (κ1) is 11.9. The average molecular weight is 225 g/mol. The normalized spacial score (nSPS) is 24.3. The lowest BCUT2D eigenvalue weighted by molar-refractivity contribution is -0.138. The largest absolute Gasteiger partial charge is 0.339 e. The van der Waals surface area contributed by atoms with Crippen LogP contribution in [0, 0.1) is 0 Å². The van der Waals surface area contributed by atoms with Gasteiger partial charge in [0.15, 0.2) is 0 Å². The maximum Gasteiger partial charge on any atom is 0.242 e. The summed E-state index contributed by atoms with van der Waals surface area (Å²) >= 11 is 0. The molecule has 0 aromatic carbocycles. The molecular weight excluding hydrogens is 202 g/mol. The Kier molecular flexibility index (Phi) is 3.22. The van der Waals surface area contributed by atoms with E-state index in [2.05, 4.69) is 4.90 Å². The highest BCUT2D eigenvalue weighted by atomic mass is 16.2. The summed E-state index contributed by atoms with van der Waals surface area (Å²) in [7, 11) is 0. The average Bonchev–Trinajstić information content (AvgIpc) is 2.14. The third-order valence-corrected chi connectivity index (χ3v) is 3.74. The molecule has 0 aromatic rings. The molecule has 2 N–H and O–H groups in total. The van der Waals surface area contributed by atoms with Crippen molar-refractivity contribution >= 4 is 5.91 Å². The number of hydrogen-bond donors (Lipinski definition) is 1. The van der Waals surface area contributed by atoms with E-state index in [9.17, 15) is 4.79 Å². The Morgan fingerprint density at radius 1 is 1.19 bits per heavy atom. The van der Waals surface area contributed by atoms with Crippen LogP contribution in [-0.2, 0) is 4.79 Å². The minimum Gasteiger partial charge on any atom is -0.339 e. The minimum absolute atomic E-state index is 0.0840. The van der Waals surface area contributed by atoms with Crippen molar-refractivity contribution in [3.05, 3.63) is 0 Å². The van der Waals surface area contributed by atoms with Gasteiger partial charge in [0.1, 0.15) is 0 Å². The highest BCUT2D eigenvalue weighted by Gasteiger charge is 2.33. The fourth-order valence-electron chi connectivity index (χ4n) is 2.45. The van der Waals surface area contributed by atoms with Crippen LogP contribution < -0.4 is 5.73 Å². The van der Waals surface area contributed by atoms with E-state index in [1.807, 2.05) is 4.90 Å². The van der Waals surface area contributed by atoms with Crippen molar-refractivity contribution in [3.8, 4) is 0 Å². The van der Waals surface area contributed by atoms with Gasteiger partial charge in [-0.3, -0.25) is 9.69 Å². The van der Waals surface area contributed by atoms with E-state index >= 15 is 0 Å². The van der Waals surface area contributed by atoms with E-state index in [1.165, 1.54) is 19.3 Å². The van der Waals surface area contributed by atoms with E-state index < -0.39 is 5.54 Å². The van der Waals surface area contributed by atoms with E-state index in [-0.39, 0.29) is 5.91 Å². The lowest BCUT2D eigenvalue weighted by atomic mass is 9.91. The second-order valence-corrected chi connectivity index (χ2v) is 5.63. The van der Waals surface area contributed by atoms with E-state index in [1.54, 1.807) is 13.8 Å². The van der Waals surface area contributed by atoms with Crippen LogP contribution in [0.5, 0.6) is 0 Å². The van der Waals surface area contributed by atoms with Gasteiger partial charge in [0.25, 0.3) is 0 Å². The van der Waals surface area contributed by atoms with Gasteiger partial charge in [-0.2, -0.15) is 0 Å². The number of carbonyl (C=O) groups excluding carboxylic acids is 1. The number of nitrogens with two attached hydrogens (primary N) is 1. The molecular formula is C12H23N3O. The van der Waals surface area contributed by atoms with Gasteiger partial charge in [0.05, 0.1) is 5.54 Å². The van der Waals surface area contributed by atoms with Crippen LogP contribution in [0.1, 0.15) is 33.1 Å². The van der Waals surface area contributed by atoms with E-state index in [0.29, 0.717) is 0 Å². The lowest BCUT2D eigenvalue weighted by Gasteiger charge is -2.44. The van der Waals surface area contributed by atoms with Crippen LogP contribution in [0.2, 0.25) is 0 Å². The maximum atomic E-state index is 12.0. The van der Waals surface area contributed by atoms with Crippen molar-refractivity contribution in [3.63, 3.8) is 0 Å². The van der Waals surface area contributed by atoms with Crippen LogP contribution in [0.15, 0.2) is 0 Å². The number of carbonyl (C=O) groups is 1. The molecule has 0 aromatic heterocycles. The molecule has 1 amide bonds. The van der Waals surface area contributed by atoms with Crippen LogP contribution in [0.4, 0.5) is 0 Å². The van der Waals surface area contributed by atoms with E-state index in [4.69, 9.17) is 5.73 Å². The Labute approximate surface area is 97.8 Å². The second kappa shape index (κ2) is 4.34. The first-order valence-electron chi connectivity index (χ1n) is 6.31. The van der Waals surface area contributed by atoms with Gasteiger partial charge < -0.3 is 10.6 Å². The van der Waals surface area contributed by atoms with Gasteiger partial charge in [-0.15, -0.1) is 0 Å².